The van der Waals surface area contributed by atoms with Gasteiger partial charge in [0.25, 0.3) is 5.91 Å². The molecule has 0 aromatic heterocycles. The van der Waals surface area contributed by atoms with E-state index in [0.717, 1.165) is 0 Å². The number of ether oxygens (including phenoxy) is 1. The van der Waals surface area contributed by atoms with Crippen molar-refractivity contribution in [2.45, 2.75) is 0 Å². The normalized spacial score (nSPS) is 9.12. The van der Waals surface area contributed by atoms with Crippen molar-refractivity contribution in [3.63, 3.8) is 0 Å². The minimum atomic E-state index is -0.281. The zero-order valence-corrected chi connectivity index (χ0v) is 9.85. The van der Waals surface area contributed by atoms with Gasteiger partial charge in [0, 0.05) is 12.6 Å². The van der Waals surface area contributed by atoms with E-state index in [0.29, 0.717) is 16.4 Å². The van der Waals surface area contributed by atoms with Gasteiger partial charge < -0.3 is 10.1 Å². The van der Waals surface area contributed by atoms with E-state index in [-0.39, 0.29) is 5.91 Å². The third kappa shape index (κ3) is 3.39. The minimum Gasteiger partial charge on any atom is -0.497 e. The van der Waals surface area contributed by atoms with Gasteiger partial charge in [0.15, 0.2) is 5.11 Å². The fourth-order valence-electron chi connectivity index (χ4n) is 1.01. The molecule has 0 aliphatic carbocycles. The van der Waals surface area contributed by atoms with Gasteiger partial charge in [-0.15, -0.1) is 0 Å². The van der Waals surface area contributed by atoms with Crippen molar-refractivity contribution in [1.82, 2.24) is 16.2 Å². The molecule has 0 saturated carbocycles. The van der Waals surface area contributed by atoms with Crippen LogP contribution in [0.3, 0.4) is 0 Å². The van der Waals surface area contributed by atoms with Crippen molar-refractivity contribution in [2.75, 3.05) is 14.2 Å². The van der Waals surface area contributed by atoms with Gasteiger partial charge >= 0.3 is 0 Å². The molecule has 0 unspecified atom stereocenters. The molecular weight excluding hydrogens is 226 g/mol. The second kappa shape index (κ2) is 5.92. The van der Waals surface area contributed by atoms with Gasteiger partial charge in [0.05, 0.1) is 7.11 Å². The van der Waals surface area contributed by atoms with Crippen LogP contribution in [0.4, 0.5) is 0 Å². The summed E-state index contributed by atoms with van der Waals surface area (Å²) >= 11 is 4.81. The van der Waals surface area contributed by atoms with Crippen LogP contribution in [0.25, 0.3) is 0 Å². The van der Waals surface area contributed by atoms with Crippen LogP contribution in [0, 0.1) is 0 Å². The Labute approximate surface area is 99.1 Å². The van der Waals surface area contributed by atoms with Crippen LogP contribution < -0.4 is 20.9 Å². The minimum absolute atomic E-state index is 0.281. The third-order valence-corrected chi connectivity index (χ3v) is 2.15. The van der Waals surface area contributed by atoms with Gasteiger partial charge in [0.1, 0.15) is 5.75 Å². The van der Waals surface area contributed by atoms with E-state index in [1.54, 1.807) is 38.4 Å². The van der Waals surface area contributed by atoms with Crippen molar-refractivity contribution < 1.29 is 9.53 Å². The highest BCUT2D eigenvalue weighted by atomic mass is 32.1. The number of rotatable bonds is 2. The smallest absolute Gasteiger partial charge is 0.269 e. The Morgan fingerprint density at radius 2 is 2.12 bits per heavy atom. The number of hydrogen-bond acceptors (Lipinski definition) is 3. The van der Waals surface area contributed by atoms with E-state index in [1.165, 1.54) is 0 Å². The number of hydrogen-bond donors (Lipinski definition) is 3. The Kier molecular flexibility index (Phi) is 4.53. The highest BCUT2D eigenvalue weighted by Gasteiger charge is 2.05. The summed E-state index contributed by atoms with van der Waals surface area (Å²) in [6.45, 7) is 0. The van der Waals surface area contributed by atoms with Gasteiger partial charge in [0.2, 0.25) is 0 Å². The predicted octanol–water partition coefficient (Wildman–Crippen LogP) is 0.434. The van der Waals surface area contributed by atoms with Gasteiger partial charge in [-0.05, 0) is 30.4 Å². The number of carbonyl (C=O) groups is 1. The molecular formula is C10H13N3O2S. The Bertz CT molecular complexity index is 395. The van der Waals surface area contributed by atoms with Crippen LogP contribution in [0.5, 0.6) is 5.75 Å². The fourth-order valence-corrected chi connectivity index (χ4v) is 1.06. The topological polar surface area (TPSA) is 62.4 Å². The summed E-state index contributed by atoms with van der Waals surface area (Å²) in [6, 6.07) is 6.83. The van der Waals surface area contributed by atoms with Gasteiger partial charge in [-0.1, -0.05) is 6.07 Å². The second-order valence-corrected chi connectivity index (χ2v) is 3.30. The number of amides is 1. The molecule has 5 nitrogen and oxygen atoms in total. The Hall–Kier alpha value is -1.82. The molecule has 1 aromatic rings. The quantitative estimate of drug-likeness (QED) is 0.516. The van der Waals surface area contributed by atoms with Gasteiger partial charge in [-0.3, -0.25) is 15.6 Å². The molecule has 16 heavy (non-hydrogen) atoms. The molecule has 3 N–H and O–H groups in total. The summed E-state index contributed by atoms with van der Waals surface area (Å²) in [6.07, 6.45) is 0. The van der Waals surface area contributed by atoms with E-state index in [9.17, 15) is 4.79 Å². The average molecular weight is 239 g/mol. The largest absolute Gasteiger partial charge is 0.497 e. The molecule has 0 spiro atoms. The first-order valence-electron chi connectivity index (χ1n) is 4.59. The molecule has 0 bridgehead atoms. The number of thiocarbonyl (C=S) groups is 1. The van der Waals surface area contributed by atoms with E-state index in [4.69, 9.17) is 17.0 Å². The Balaban J connectivity index is 2.62. The Morgan fingerprint density at radius 3 is 2.75 bits per heavy atom. The lowest BCUT2D eigenvalue weighted by Crippen LogP contribution is -2.45. The Morgan fingerprint density at radius 1 is 1.38 bits per heavy atom. The van der Waals surface area contributed by atoms with Crippen molar-refractivity contribution in [3.05, 3.63) is 29.8 Å². The summed E-state index contributed by atoms with van der Waals surface area (Å²) < 4.78 is 5.01. The van der Waals surface area contributed by atoms with Crippen LogP contribution in [0.2, 0.25) is 0 Å². The van der Waals surface area contributed by atoms with Crippen LogP contribution in [0.15, 0.2) is 24.3 Å². The number of carbonyl (C=O) groups excluding carboxylic acids is 1. The molecule has 0 heterocycles. The molecule has 0 radical (unpaired) electrons. The number of benzene rings is 1. The third-order valence-electron chi connectivity index (χ3n) is 1.85. The number of hydrazine groups is 1. The zero-order valence-electron chi connectivity index (χ0n) is 9.03. The molecule has 6 heteroatoms. The molecule has 0 aliphatic rings. The number of methoxy groups -OCH3 is 1. The maximum Gasteiger partial charge on any atom is 0.269 e. The van der Waals surface area contributed by atoms with E-state index in [2.05, 4.69) is 16.2 Å². The fraction of sp³-hybridized carbons (Fsp3) is 0.200. The average Bonchev–Trinajstić information content (AvgIpc) is 2.35. The molecule has 0 aliphatic heterocycles. The summed E-state index contributed by atoms with van der Waals surface area (Å²) in [7, 11) is 3.21. The lowest BCUT2D eigenvalue weighted by molar-refractivity contribution is 0.0943. The summed E-state index contributed by atoms with van der Waals surface area (Å²) in [5.41, 5.74) is 5.49. The summed E-state index contributed by atoms with van der Waals surface area (Å²) in [5, 5.41) is 3.02. The first-order chi connectivity index (χ1) is 7.67. The van der Waals surface area contributed by atoms with Crippen molar-refractivity contribution in [1.29, 1.82) is 0 Å². The first-order valence-corrected chi connectivity index (χ1v) is 5.00. The lowest BCUT2D eigenvalue weighted by atomic mass is 10.2. The monoisotopic (exact) mass is 239 g/mol. The van der Waals surface area contributed by atoms with Gasteiger partial charge in [-0.2, -0.15) is 0 Å². The molecule has 0 atom stereocenters. The van der Waals surface area contributed by atoms with Crippen molar-refractivity contribution in [3.8, 4) is 5.75 Å². The highest BCUT2D eigenvalue weighted by molar-refractivity contribution is 7.80. The van der Waals surface area contributed by atoms with E-state index >= 15 is 0 Å². The SMILES string of the molecule is CNC(=S)NNC(=O)c1cccc(OC)c1. The highest BCUT2D eigenvalue weighted by Crippen LogP contribution is 2.11. The van der Waals surface area contributed by atoms with Crippen LogP contribution in [-0.2, 0) is 0 Å². The molecule has 86 valence electrons. The van der Waals surface area contributed by atoms with Crippen LogP contribution in [-0.4, -0.2) is 25.2 Å². The summed E-state index contributed by atoms with van der Waals surface area (Å²) in [4.78, 5) is 11.6. The molecule has 1 rings (SSSR count). The van der Waals surface area contributed by atoms with Gasteiger partial charge in [-0.25, -0.2) is 0 Å². The first kappa shape index (κ1) is 12.3. The van der Waals surface area contributed by atoms with Crippen molar-refractivity contribution >= 4 is 23.2 Å². The van der Waals surface area contributed by atoms with Crippen molar-refractivity contribution in [2.24, 2.45) is 0 Å². The second-order valence-electron chi connectivity index (χ2n) is 2.89. The van der Waals surface area contributed by atoms with E-state index in [1.807, 2.05) is 0 Å². The summed E-state index contributed by atoms with van der Waals surface area (Å²) in [5.74, 6) is 0.348. The molecule has 0 saturated heterocycles. The maximum atomic E-state index is 11.6. The molecule has 0 fully saturated rings. The van der Waals surface area contributed by atoms with Crippen LogP contribution >= 0.6 is 12.2 Å². The standard InChI is InChI=1S/C10H13N3O2S/c1-11-10(16)13-12-9(14)7-4-3-5-8(6-7)15-2/h3-6H,1-2H3,(H,12,14)(H2,11,13,16). The predicted molar refractivity (Wildman–Crippen MR) is 65.3 cm³/mol. The maximum absolute atomic E-state index is 11.6. The van der Waals surface area contributed by atoms with Crippen LogP contribution in [0.1, 0.15) is 10.4 Å². The molecule has 1 aromatic carbocycles. The zero-order chi connectivity index (χ0) is 12.0. The van der Waals surface area contributed by atoms with E-state index < -0.39 is 0 Å². The molecule has 1 amide bonds. The number of nitrogens with one attached hydrogen (secondary N) is 3. The lowest BCUT2D eigenvalue weighted by Gasteiger charge is -2.09.